The number of aromatic amines is 1. The van der Waals surface area contributed by atoms with Crippen molar-refractivity contribution < 1.29 is 14.7 Å². The van der Waals surface area contributed by atoms with Gasteiger partial charge in [-0.1, -0.05) is 48.5 Å². The molecular weight excluding hydrogens is 402 g/mol. The van der Waals surface area contributed by atoms with Crippen LogP contribution in [-0.4, -0.2) is 51.3 Å². The van der Waals surface area contributed by atoms with E-state index in [1.807, 2.05) is 47.4 Å². The highest BCUT2D eigenvalue weighted by atomic mass is 16.3. The Bertz CT molecular complexity index is 1130. The lowest BCUT2D eigenvalue weighted by Crippen LogP contribution is -2.45. The van der Waals surface area contributed by atoms with Crippen LogP contribution in [0, 0.1) is 0 Å². The van der Waals surface area contributed by atoms with E-state index in [1.165, 1.54) is 10.9 Å². The minimum absolute atomic E-state index is 0.00299. The number of hydrogen-bond acceptors (Lipinski definition) is 3. The summed E-state index contributed by atoms with van der Waals surface area (Å²) in [5.41, 5.74) is 3.55. The van der Waals surface area contributed by atoms with Crippen molar-refractivity contribution in [3.8, 4) is 0 Å². The predicted molar refractivity (Wildman–Crippen MR) is 123 cm³/mol. The number of carbonyl (C=O) groups excluding carboxylic acids is 2. The summed E-state index contributed by atoms with van der Waals surface area (Å²) < 4.78 is 0. The topological polar surface area (TPSA) is 76.6 Å². The third-order valence-corrected chi connectivity index (χ3v) is 7.04. The smallest absolute Gasteiger partial charge is 0.223 e. The molecule has 166 valence electrons. The molecule has 2 aliphatic rings. The van der Waals surface area contributed by atoms with Crippen LogP contribution in [0.4, 0.5) is 0 Å². The van der Waals surface area contributed by atoms with Crippen LogP contribution < -0.4 is 0 Å². The first-order valence-electron chi connectivity index (χ1n) is 11.5. The molecule has 2 amide bonds. The minimum atomic E-state index is -0.876. The maximum Gasteiger partial charge on any atom is 0.223 e. The second-order valence-corrected chi connectivity index (χ2v) is 8.97. The van der Waals surface area contributed by atoms with E-state index in [-0.39, 0.29) is 24.7 Å². The molecule has 6 nitrogen and oxygen atoms in total. The number of benzene rings is 2. The Labute approximate surface area is 187 Å². The van der Waals surface area contributed by atoms with Crippen LogP contribution >= 0.6 is 0 Å². The highest BCUT2D eigenvalue weighted by molar-refractivity contribution is 5.87. The molecule has 0 spiro atoms. The zero-order valence-corrected chi connectivity index (χ0v) is 18.2. The molecule has 0 bridgehead atoms. The molecule has 0 saturated carbocycles. The van der Waals surface area contributed by atoms with Crippen molar-refractivity contribution in [3.63, 3.8) is 0 Å². The number of rotatable bonds is 4. The van der Waals surface area contributed by atoms with Crippen molar-refractivity contribution in [1.82, 2.24) is 14.8 Å². The van der Waals surface area contributed by atoms with Crippen LogP contribution in [0.5, 0.6) is 0 Å². The molecule has 0 aliphatic carbocycles. The highest BCUT2D eigenvalue weighted by Crippen LogP contribution is 2.33. The highest BCUT2D eigenvalue weighted by Gasteiger charge is 2.35. The van der Waals surface area contributed by atoms with Crippen molar-refractivity contribution in [2.24, 2.45) is 0 Å². The first-order valence-corrected chi connectivity index (χ1v) is 11.5. The summed E-state index contributed by atoms with van der Waals surface area (Å²) in [5.74, 6) is 0.0252. The fraction of sp³-hybridized carbons (Fsp3) is 0.385. The van der Waals surface area contributed by atoms with Crippen LogP contribution in [0.2, 0.25) is 0 Å². The van der Waals surface area contributed by atoms with E-state index >= 15 is 0 Å². The first-order chi connectivity index (χ1) is 15.5. The summed E-state index contributed by atoms with van der Waals surface area (Å²) in [5, 5.41) is 12.2. The van der Waals surface area contributed by atoms with E-state index in [4.69, 9.17) is 0 Å². The first kappa shape index (κ1) is 20.8. The molecule has 0 atom stereocenters. The van der Waals surface area contributed by atoms with E-state index in [0.29, 0.717) is 39.0 Å². The summed E-state index contributed by atoms with van der Waals surface area (Å²) in [6, 6.07) is 17.9. The maximum absolute atomic E-state index is 12.8. The number of aliphatic hydroxyl groups is 1. The van der Waals surface area contributed by atoms with Crippen molar-refractivity contribution in [2.45, 2.75) is 44.2 Å². The zero-order chi connectivity index (χ0) is 22.1. The van der Waals surface area contributed by atoms with Gasteiger partial charge in [0.15, 0.2) is 0 Å². The van der Waals surface area contributed by atoms with Crippen LogP contribution in [-0.2, 0) is 28.2 Å². The van der Waals surface area contributed by atoms with Crippen LogP contribution in [0.25, 0.3) is 10.9 Å². The molecule has 1 fully saturated rings. The summed E-state index contributed by atoms with van der Waals surface area (Å²) in [6.45, 7) is 2.29. The van der Waals surface area contributed by atoms with Gasteiger partial charge in [-0.2, -0.15) is 0 Å². The number of hydrogen-bond donors (Lipinski definition) is 2. The van der Waals surface area contributed by atoms with E-state index in [9.17, 15) is 14.7 Å². The molecule has 5 rings (SSSR count). The van der Waals surface area contributed by atoms with Crippen molar-refractivity contribution in [2.75, 3.05) is 19.6 Å². The quantitative estimate of drug-likeness (QED) is 0.665. The van der Waals surface area contributed by atoms with Gasteiger partial charge < -0.3 is 19.9 Å². The minimum Gasteiger partial charge on any atom is -0.385 e. The van der Waals surface area contributed by atoms with Gasteiger partial charge in [-0.15, -0.1) is 0 Å². The molecule has 1 saturated heterocycles. The number of aromatic nitrogens is 1. The fourth-order valence-corrected chi connectivity index (χ4v) is 5.10. The molecule has 0 radical (unpaired) electrons. The van der Waals surface area contributed by atoms with Crippen LogP contribution in [0.15, 0.2) is 54.6 Å². The average molecular weight is 432 g/mol. The molecule has 2 aliphatic heterocycles. The van der Waals surface area contributed by atoms with E-state index < -0.39 is 5.60 Å². The van der Waals surface area contributed by atoms with E-state index in [1.54, 1.807) is 4.90 Å². The number of para-hydroxylation sites is 1. The van der Waals surface area contributed by atoms with Gasteiger partial charge in [-0.3, -0.25) is 9.59 Å². The average Bonchev–Trinajstić information content (AvgIpc) is 3.21. The van der Waals surface area contributed by atoms with Crippen molar-refractivity contribution >= 4 is 22.7 Å². The Kier molecular flexibility index (Phi) is 5.47. The summed E-state index contributed by atoms with van der Waals surface area (Å²) in [7, 11) is 0. The van der Waals surface area contributed by atoms with Gasteiger partial charge in [0.1, 0.15) is 0 Å². The van der Waals surface area contributed by atoms with Crippen LogP contribution in [0.1, 0.15) is 42.5 Å². The number of piperidine rings is 1. The summed E-state index contributed by atoms with van der Waals surface area (Å²) >= 11 is 0. The van der Waals surface area contributed by atoms with Gasteiger partial charge in [0.2, 0.25) is 11.8 Å². The lowest BCUT2D eigenvalue weighted by atomic mass is 9.84. The molecule has 3 aromatic rings. The Balaban J connectivity index is 1.14. The normalized spacial score (nSPS) is 17.9. The number of fused-ring (bicyclic) bond motifs is 3. The molecule has 6 heteroatoms. The second-order valence-electron chi connectivity index (χ2n) is 8.97. The van der Waals surface area contributed by atoms with E-state index in [0.717, 1.165) is 23.2 Å². The third-order valence-electron chi connectivity index (χ3n) is 7.04. The Morgan fingerprint density at radius 2 is 1.53 bits per heavy atom. The Morgan fingerprint density at radius 3 is 2.28 bits per heavy atom. The number of likely N-dealkylation sites (tertiary alicyclic amines) is 1. The molecule has 2 aromatic carbocycles. The lowest BCUT2D eigenvalue weighted by molar-refractivity contribution is -0.140. The van der Waals surface area contributed by atoms with Gasteiger partial charge in [-0.25, -0.2) is 0 Å². The predicted octanol–water partition coefficient (Wildman–Crippen LogP) is 3.34. The summed E-state index contributed by atoms with van der Waals surface area (Å²) in [6.07, 6.45) is 2.33. The largest absolute Gasteiger partial charge is 0.385 e. The van der Waals surface area contributed by atoms with Crippen molar-refractivity contribution in [3.05, 3.63) is 71.4 Å². The number of nitrogens with zero attached hydrogens (tertiary/aromatic N) is 2. The number of amides is 2. The molecule has 3 heterocycles. The maximum atomic E-state index is 12.8. The molecule has 32 heavy (non-hydrogen) atoms. The SMILES string of the molecule is O=C(CCC(=O)N1CCc2c([nH]c3ccccc23)C1)N1CCC(O)(c2ccccc2)CC1. The second kappa shape index (κ2) is 8.43. The van der Waals surface area contributed by atoms with Gasteiger partial charge in [0.05, 0.1) is 12.1 Å². The molecule has 2 N–H and O–H groups in total. The van der Waals surface area contributed by atoms with E-state index in [2.05, 4.69) is 17.1 Å². The summed E-state index contributed by atoms with van der Waals surface area (Å²) in [4.78, 5) is 32.6. The standard InChI is InChI=1S/C26H29N3O3/c30-24(28-16-13-26(32,14-17-28)19-6-2-1-3-7-19)10-11-25(31)29-15-12-21-20-8-4-5-9-22(20)27-23(21)18-29/h1-9,27,32H,10-18H2. The van der Waals surface area contributed by atoms with Crippen LogP contribution in [0.3, 0.4) is 0 Å². The molecule has 1 aromatic heterocycles. The number of H-pyrrole nitrogens is 1. The Morgan fingerprint density at radius 1 is 0.875 bits per heavy atom. The lowest BCUT2D eigenvalue weighted by Gasteiger charge is -2.38. The molecule has 0 unspecified atom stereocenters. The van der Waals surface area contributed by atoms with Gasteiger partial charge in [0, 0.05) is 49.1 Å². The van der Waals surface area contributed by atoms with Gasteiger partial charge in [0.25, 0.3) is 0 Å². The third kappa shape index (κ3) is 3.91. The fourth-order valence-electron chi connectivity index (χ4n) is 5.10. The van der Waals surface area contributed by atoms with Crippen molar-refractivity contribution in [1.29, 1.82) is 0 Å². The van der Waals surface area contributed by atoms with Gasteiger partial charge in [-0.05, 0) is 36.5 Å². The monoisotopic (exact) mass is 431 g/mol. The molecular formula is C26H29N3O3. The Hall–Kier alpha value is -3.12. The zero-order valence-electron chi connectivity index (χ0n) is 18.2. The number of carbonyl (C=O) groups is 2. The number of nitrogens with one attached hydrogen (secondary N) is 1. The van der Waals surface area contributed by atoms with Gasteiger partial charge >= 0.3 is 0 Å².